The number of rotatable bonds is 5. The van der Waals surface area contributed by atoms with E-state index in [2.05, 4.69) is 0 Å². The third-order valence-electron chi connectivity index (χ3n) is 5.23. The predicted molar refractivity (Wildman–Crippen MR) is 114 cm³/mol. The van der Waals surface area contributed by atoms with E-state index in [1.807, 2.05) is 39.0 Å². The zero-order valence-corrected chi connectivity index (χ0v) is 18.3. The number of morpholine rings is 1. The van der Waals surface area contributed by atoms with Gasteiger partial charge in [0.05, 0.1) is 18.1 Å². The van der Waals surface area contributed by atoms with Crippen LogP contribution >= 0.6 is 0 Å². The van der Waals surface area contributed by atoms with Crippen LogP contribution in [-0.2, 0) is 14.8 Å². The Morgan fingerprint density at radius 1 is 1.03 bits per heavy atom. The smallest absolute Gasteiger partial charge is 0.258 e. The fourth-order valence-electron chi connectivity index (χ4n) is 3.62. The van der Waals surface area contributed by atoms with E-state index in [1.165, 1.54) is 10.4 Å². The van der Waals surface area contributed by atoms with Crippen molar-refractivity contribution in [2.45, 2.75) is 32.6 Å². The van der Waals surface area contributed by atoms with Gasteiger partial charge in [-0.05, 0) is 57.0 Å². The van der Waals surface area contributed by atoms with Gasteiger partial charge in [-0.1, -0.05) is 23.8 Å². The van der Waals surface area contributed by atoms with Gasteiger partial charge in [-0.2, -0.15) is 4.31 Å². The first-order chi connectivity index (χ1) is 13.8. The Kier molecular flexibility index (Phi) is 6.41. The number of sulfonamides is 1. The molecule has 2 aromatic rings. The van der Waals surface area contributed by atoms with Crippen molar-refractivity contribution < 1.29 is 17.9 Å². The molecule has 1 aliphatic rings. The Balaban J connectivity index is 1.98. The summed E-state index contributed by atoms with van der Waals surface area (Å²) in [6, 6.07) is 10.9. The molecular formula is C22H28N2O4S. The molecule has 1 aliphatic heterocycles. The van der Waals surface area contributed by atoms with Crippen molar-refractivity contribution in [1.82, 2.24) is 4.31 Å². The van der Waals surface area contributed by atoms with E-state index in [9.17, 15) is 13.2 Å². The van der Waals surface area contributed by atoms with Gasteiger partial charge in [-0.15, -0.1) is 0 Å². The molecule has 29 heavy (non-hydrogen) atoms. The van der Waals surface area contributed by atoms with E-state index in [4.69, 9.17) is 4.74 Å². The molecule has 7 heteroatoms. The summed E-state index contributed by atoms with van der Waals surface area (Å²) in [6.45, 7) is 9.55. The second-order valence-electron chi connectivity index (χ2n) is 7.34. The van der Waals surface area contributed by atoms with E-state index in [0.717, 1.165) is 16.8 Å². The van der Waals surface area contributed by atoms with Crippen molar-refractivity contribution in [2.24, 2.45) is 0 Å². The molecule has 0 N–H and O–H groups in total. The number of amides is 1. The maximum Gasteiger partial charge on any atom is 0.258 e. The normalized spacial score (nSPS) is 15.3. The second-order valence-corrected chi connectivity index (χ2v) is 9.24. The molecule has 0 aromatic heterocycles. The van der Waals surface area contributed by atoms with Gasteiger partial charge in [-0.25, -0.2) is 8.42 Å². The average Bonchev–Trinajstić information content (AvgIpc) is 2.70. The first kappa shape index (κ1) is 21.5. The minimum atomic E-state index is -3.68. The summed E-state index contributed by atoms with van der Waals surface area (Å²) in [5.41, 5.74) is 3.96. The average molecular weight is 417 g/mol. The first-order valence-electron chi connectivity index (χ1n) is 9.83. The van der Waals surface area contributed by atoms with Crippen LogP contribution in [0.15, 0.2) is 41.3 Å². The van der Waals surface area contributed by atoms with Gasteiger partial charge in [0, 0.05) is 30.9 Å². The van der Waals surface area contributed by atoms with Crippen molar-refractivity contribution in [1.29, 1.82) is 0 Å². The van der Waals surface area contributed by atoms with Crippen LogP contribution in [0.5, 0.6) is 0 Å². The fraction of sp³-hybridized carbons (Fsp3) is 0.409. The van der Waals surface area contributed by atoms with Crippen molar-refractivity contribution in [3.63, 3.8) is 0 Å². The highest BCUT2D eigenvalue weighted by Crippen LogP contribution is 2.26. The third-order valence-corrected chi connectivity index (χ3v) is 7.27. The van der Waals surface area contributed by atoms with Crippen molar-refractivity contribution in [2.75, 3.05) is 37.7 Å². The molecule has 1 saturated heterocycles. The number of hydrogen-bond donors (Lipinski definition) is 0. The lowest BCUT2D eigenvalue weighted by molar-refractivity contribution is 0.0730. The summed E-state index contributed by atoms with van der Waals surface area (Å²) in [6.07, 6.45) is 0. The second kappa shape index (κ2) is 8.65. The van der Waals surface area contributed by atoms with Gasteiger partial charge < -0.3 is 9.64 Å². The van der Waals surface area contributed by atoms with Crippen LogP contribution in [-0.4, -0.2) is 51.5 Å². The van der Waals surface area contributed by atoms with Gasteiger partial charge in [0.15, 0.2) is 0 Å². The molecule has 0 aliphatic carbocycles. The van der Waals surface area contributed by atoms with Crippen LogP contribution in [0.3, 0.4) is 0 Å². The largest absolute Gasteiger partial charge is 0.379 e. The SMILES string of the molecule is CCN(C(=O)c1ccc(C)c(S(=O)(=O)N2CCOCC2)c1)c1ccc(C)cc1C. The summed E-state index contributed by atoms with van der Waals surface area (Å²) < 4.78 is 33.0. The number of carbonyl (C=O) groups is 1. The minimum absolute atomic E-state index is 0.182. The summed E-state index contributed by atoms with van der Waals surface area (Å²) >= 11 is 0. The number of aryl methyl sites for hydroxylation is 3. The van der Waals surface area contributed by atoms with Crippen molar-refractivity contribution in [3.05, 3.63) is 58.7 Å². The summed E-state index contributed by atoms with van der Waals surface area (Å²) in [4.78, 5) is 15.1. The predicted octanol–water partition coefficient (Wildman–Crippen LogP) is 3.30. The Morgan fingerprint density at radius 3 is 2.34 bits per heavy atom. The molecule has 2 aromatic carbocycles. The third kappa shape index (κ3) is 4.37. The van der Waals surface area contributed by atoms with Gasteiger partial charge in [0.1, 0.15) is 0 Å². The molecule has 1 amide bonds. The molecule has 0 unspecified atom stereocenters. The Hall–Kier alpha value is -2.22. The Bertz CT molecular complexity index is 1010. The van der Waals surface area contributed by atoms with Crippen LogP contribution in [0.4, 0.5) is 5.69 Å². The number of benzene rings is 2. The van der Waals surface area contributed by atoms with Crippen LogP contribution < -0.4 is 4.90 Å². The van der Waals surface area contributed by atoms with E-state index in [1.54, 1.807) is 24.0 Å². The van der Waals surface area contributed by atoms with Gasteiger partial charge in [0.2, 0.25) is 10.0 Å². The summed E-state index contributed by atoms with van der Waals surface area (Å²) in [5, 5.41) is 0. The fourth-order valence-corrected chi connectivity index (χ4v) is 5.28. The quantitative estimate of drug-likeness (QED) is 0.750. The van der Waals surface area contributed by atoms with E-state index in [0.29, 0.717) is 44.0 Å². The standard InChI is InChI=1S/C22H28N2O4S/c1-5-24(20-9-6-16(2)14-18(20)4)22(25)19-8-7-17(3)21(15-19)29(26,27)23-10-12-28-13-11-23/h6-9,14-15H,5,10-13H2,1-4H3. The Morgan fingerprint density at radius 2 is 1.72 bits per heavy atom. The lowest BCUT2D eigenvalue weighted by Gasteiger charge is -2.27. The molecule has 0 bridgehead atoms. The molecule has 0 atom stereocenters. The Labute approximate surface area is 173 Å². The minimum Gasteiger partial charge on any atom is -0.379 e. The lowest BCUT2D eigenvalue weighted by atomic mass is 10.1. The first-order valence-corrected chi connectivity index (χ1v) is 11.3. The highest BCUT2D eigenvalue weighted by molar-refractivity contribution is 7.89. The van der Waals surface area contributed by atoms with E-state index in [-0.39, 0.29) is 10.8 Å². The molecular weight excluding hydrogens is 388 g/mol. The van der Waals surface area contributed by atoms with Crippen LogP contribution in [0.2, 0.25) is 0 Å². The molecule has 3 rings (SSSR count). The zero-order valence-electron chi connectivity index (χ0n) is 17.4. The molecule has 1 heterocycles. The van der Waals surface area contributed by atoms with Crippen LogP contribution in [0.25, 0.3) is 0 Å². The molecule has 156 valence electrons. The van der Waals surface area contributed by atoms with Crippen molar-refractivity contribution >= 4 is 21.6 Å². The van der Waals surface area contributed by atoms with E-state index >= 15 is 0 Å². The highest BCUT2D eigenvalue weighted by atomic mass is 32.2. The number of nitrogens with zero attached hydrogens (tertiary/aromatic N) is 2. The van der Waals surface area contributed by atoms with Gasteiger partial charge in [-0.3, -0.25) is 4.79 Å². The highest BCUT2D eigenvalue weighted by Gasteiger charge is 2.29. The maximum absolute atomic E-state index is 13.3. The number of hydrogen-bond acceptors (Lipinski definition) is 4. The number of ether oxygens (including phenoxy) is 1. The summed E-state index contributed by atoms with van der Waals surface area (Å²) in [5.74, 6) is -0.210. The maximum atomic E-state index is 13.3. The van der Waals surface area contributed by atoms with Crippen molar-refractivity contribution in [3.8, 4) is 0 Å². The number of anilines is 1. The molecule has 0 spiro atoms. The molecule has 1 fully saturated rings. The van der Waals surface area contributed by atoms with Crippen LogP contribution in [0.1, 0.15) is 34.0 Å². The topological polar surface area (TPSA) is 66.9 Å². The van der Waals surface area contributed by atoms with Gasteiger partial charge in [0.25, 0.3) is 5.91 Å². The lowest BCUT2D eigenvalue weighted by Crippen LogP contribution is -2.41. The molecule has 0 radical (unpaired) electrons. The van der Waals surface area contributed by atoms with Gasteiger partial charge >= 0.3 is 0 Å². The zero-order chi connectivity index (χ0) is 21.2. The summed E-state index contributed by atoms with van der Waals surface area (Å²) in [7, 11) is -3.68. The monoisotopic (exact) mass is 416 g/mol. The molecule has 0 saturated carbocycles. The van der Waals surface area contributed by atoms with Crippen LogP contribution in [0, 0.1) is 20.8 Å². The van der Waals surface area contributed by atoms with E-state index < -0.39 is 10.0 Å². The molecule has 6 nitrogen and oxygen atoms in total. The number of carbonyl (C=O) groups excluding carboxylic acids is 1.